The van der Waals surface area contributed by atoms with E-state index in [1.54, 1.807) is 0 Å². The maximum absolute atomic E-state index is 3.48. The number of nitrogens with zero attached hydrogens (tertiary/aromatic N) is 1. The van der Waals surface area contributed by atoms with Crippen molar-refractivity contribution >= 4 is 0 Å². The molecule has 0 aliphatic rings. The molecule has 2 heteroatoms. The Morgan fingerprint density at radius 3 is 2.41 bits per heavy atom. The summed E-state index contributed by atoms with van der Waals surface area (Å²) in [6, 6.07) is 9.31. The van der Waals surface area contributed by atoms with Crippen LogP contribution in [0, 0.1) is 0 Å². The minimum Gasteiger partial charge on any atom is -0.313 e. The highest BCUT2D eigenvalue weighted by Crippen LogP contribution is 2.12. The molecule has 0 saturated heterocycles. The first-order chi connectivity index (χ1) is 8.15. The zero-order valence-electron chi connectivity index (χ0n) is 11.7. The standard InChI is InChI=1S/C15H26N2/c1-5-10-16-11-14-8-6-7-9-15(14)12-17(4)13(2)3/h6-9,13,16H,5,10-12H2,1-4H3. The molecule has 0 heterocycles. The third-order valence-electron chi connectivity index (χ3n) is 3.16. The fourth-order valence-electron chi connectivity index (χ4n) is 1.74. The zero-order chi connectivity index (χ0) is 12.7. The third kappa shape index (κ3) is 4.88. The molecule has 0 aliphatic carbocycles. The van der Waals surface area contributed by atoms with E-state index in [0.29, 0.717) is 6.04 Å². The molecule has 1 rings (SSSR count). The second kappa shape index (κ2) is 7.46. The lowest BCUT2D eigenvalue weighted by Crippen LogP contribution is -2.26. The molecule has 0 bridgehead atoms. The maximum Gasteiger partial charge on any atom is 0.0236 e. The lowest BCUT2D eigenvalue weighted by Gasteiger charge is -2.22. The van der Waals surface area contributed by atoms with Gasteiger partial charge in [-0.3, -0.25) is 4.90 Å². The Morgan fingerprint density at radius 2 is 1.82 bits per heavy atom. The summed E-state index contributed by atoms with van der Waals surface area (Å²) >= 11 is 0. The first-order valence-electron chi connectivity index (χ1n) is 6.63. The summed E-state index contributed by atoms with van der Waals surface area (Å²) < 4.78 is 0. The fraction of sp³-hybridized carbons (Fsp3) is 0.600. The molecule has 17 heavy (non-hydrogen) atoms. The van der Waals surface area contributed by atoms with Gasteiger partial charge in [0.05, 0.1) is 0 Å². The van der Waals surface area contributed by atoms with Crippen molar-refractivity contribution in [3.05, 3.63) is 35.4 Å². The molecule has 0 aliphatic heterocycles. The lowest BCUT2D eigenvalue weighted by molar-refractivity contribution is 0.265. The smallest absolute Gasteiger partial charge is 0.0236 e. The van der Waals surface area contributed by atoms with Gasteiger partial charge in [0.1, 0.15) is 0 Å². The second-order valence-corrected chi connectivity index (χ2v) is 4.95. The molecule has 0 aromatic heterocycles. The van der Waals surface area contributed by atoms with Crippen LogP contribution in [0.3, 0.4) is 0 Å². The Labute approximate surface area is 106 Å². The van der Waals surface area contributed by atoms with E-state index in [-0.39, 0.29) is 0 Å². The van der Waals surface area contributed by atoms with Crippen molar-refractivity contribution < 1.29 is 0 Å². The molecule has 0 atom stereocenters. The first kappa shape index (κ1) is 14.2. The summed E-state index contributed by atoms with van der Waals surface area (Å²) in [7, 11) is 2.18. The molecule has 1 N–H and O–H groups in total. The first-order valence-corrected chi connectivity index (χ1v) is 6.63. The van der Waals surface area contributed by atoms with E-state index in [1.165, 1.54) is 17.5 Å². The average Bonchev–Trinajstić information content (AvgIpc) is 2.31. The van der Waals surface area contributed by atoms with Gasteiger partial charge < -0.3 is 5.32 Å². The Balaban J connectivity index is 2.63. The molecule has 0 spiro atoms. The molecular formula is C15H26N2. The molecule has 96 valence electrons. The second-order valence-electron chi connectivity index (χ2n) is 4.95. The normalized spacial score (nSPS) is 11.4. The number of benzene rings is 1. The Morgan fingerprint density at radius 1 is 1.18 bits per heavy atom. The van der Waals surface area contributed by atoms with Crippen LogP contribution in [0.1, 0.15) is 38.3 Å². The topological polar surface area (TPSA) is 15.3 Å². The average molecular weight is 234 g/mol. The van der Waals surface area contributed by atoms with Crippen LogP contribution in [0.15, 0.2) is 24.3 Å². The van der Waals surface area contributed by atoms with Gasteiger partial charge in [0.25, 0.3) is 0 Å². The van der Waals surface area contributed by atoms with E-state index in [4.69, 9.17) is 0 Å². The lowest BCUT2D eigenvalue weighted by atomic mass is 10.1. The van der Waals surface area contributed by atoms with Crippen molar-refractivity contribution in [3.63, 3.8) is 0 Å². The quantitative estimate of drug-likeness (QED) is 0.730. The van der Waals surface area contributed by atoms with Crippen molar-refractivity contribution in [2.45, 2.75) is 46.3 Å². The highest BCUT2D eigenvalue weighted by molar-refractivity contribution is 5.27. The van der Waals surface area contributed by atoms with E-state index < -0.39 is 0 Å². The van der Waals surface area contributed by atoms with Crippen LogP contribution in [-0.4, -0.2) is 24.5 Å². The van der Waals surface area contributed by atoms with Crippen molar-refractivity contribution in [3.8, 4) is 0 Å². The minimum atomic E-state index is 0.589. The molecule has 2 nitrogen and oxygen atoms in total. The highest BCUT2D eigenvalue weighted by Gasteiger charge is 2.07. The molecule has 0 fully saturated rings. The molecule has 0 amide bonds. The van der Waals surface area contributed by atoms with Gasteiger partial charge in [-0.25, -0.2) is 0 Å². The van der Waals surface area contributed by atoms with Crippen LogP contribution >= 0.6 is 0 Å². The predicted molar refractivity (Wildman–Crippen MR) is 75.0 cm³/mol. The fourth-order valence-corrected chi connectivity index (χ4v) is 1.74. The summed E-state index contributed by atoms with van der Waals surface area (Å²) in [5, 5.41) is 3.48. The highest BCUT2D eigenvalue weighted by atomic mass is 15.1. The van der Waals surface area contributed by atoms with Gasteiger partial charge >= 0.3 is 0 Å². The van der Waals surface area contributed by atoms with Crippen LogP contribution < -0.4 is 5.32 Å². The zero-order valence-corrected chi connectivity index (χ0v) is 11.7. The van der Waals surface area contributed by atoms with Gasteiger partial charge in [-0.15, -0.1) is 0 Å². The Kier molecular flexibility index (Phi) is 6.23. The molecule has 1 aromatic rings. The molecular weight excluding hydrogens is 208 g/mol. The number of rotatable bonds is 7. The largest absolute Gasteiger partial charge is 0.313 e. The molecule has 0 saturated carbocycles. The van der Waals surface area contributed by atoms with Gasteiger partial charge in [-0.1, -0.05) is 31.2 Å². The molecule has 0 unspecified atom stereocenters. The van der Waals surface area contributed by atoms with E-state index in [2.05, 4.69) is 62.3 Å². The Hall–Kier alpha value is -0.860. The van der Waals surface area contributed by atoms with Crippen molar-refractivity contribution in [1.29, 1.82) is 0 Å². The van der Waals surface area contributed by atoms with Gasteiger partial charge in [0.2, 0.25) is 0 Å². The summed E-state index contributed by atoms with van der Waals surface area (Å²) in [6.45, 7) is 9.77. The van der Waals surface area contributed by atoms with E-state index in [1.807, 2.05) is 0 Å². The number of nitrogens with one attached hydrogen (secondary N) is 1. The predicted octanol–water partition coefficient (Wildman–Crippen LogP) is 3.03. The van der Waals surface area contributed by atoms with Gasteiger partial charge in [-0.05, 0) is 45.0 Å². The maximum atomic E-state index is 3.48. The van der Waals surface area contributed by atoms with E-state index >= 15 is 0 Å². The van der Waals surface area contributed by atoms with Gasteiger partial charge in [0, 0.05) is 19.1 Å². The van der Waals surface area contributed by atoms with Crippen LogP contribution in [0.25, 0.3) is 0 Å². The van der Waals surface area contributed by atoms with E-state index in [9.17, 15) is 0 Å². The van der Waals surface area contributed by atoms with Crippen molar-refractivity contribution in [1.82, 2.24) is 10.2 Å². The van der Waals surface area contributed by atoms with Crippen LogP contribution in [0.2, 0.25) is 0 Å². The number of hydrogen-bond donors (Lipinski definition) is 1. The summed E-state index contributed by atoms with van der Waals surface area (Å²) in [4.78, 5) is 2.37. The molecule has 1 aromatic carbocycles. The Bertz CT molecular complexity index is 320. The molecule has 0 radical (unpaired) electrons. The number of hydrogen-bond acceptors (Lipinski definition) is 2. The summed E-state index contributed by atoms with van der Waals surface area (Å²) in [5.74, 6) is 0. The summed E-state index contributed by atoms with van der Waals surface area (Å²) in [6.07, 6.45) is 1.19. The van der Waals surface area contributed by atoms with Crippen molar-refractivity contribution in [2.75, 3.05) is 13.6 Å². The van der Waals surface area contributed by atoms with Gasteiger partial charge in [0.15, 0.2) is 0 Å². The monoisotopic (exact) mass is 234 g/mol. The summed E-state index contributed by atoms with van der Waals surface area (Å²) in [5.41, 5.74) is 2.86. The van der Waals surface area contributed by atoms with Crippen molar-refractivity contribution in [2.24, 2.45) is 0 Å². The third-order valence-corrected chi connectivity index (χ3v) is 3.16. The van der Waals surface area contributed by atoms with Crippen LogP contribution in [0.5, 0.6) is 0 Å². The van der Waals surface area contributed by atoms with Gasteiger partial charge in [-0.2, -0.15) is 0 Å². The van der Waals surface area contributed by atoms with E-state index in [0.717, 1.165) is 19.6 Å². The van der Waals surface area contributed by atoms with Crippen LogP contribution in [-0.2, 0) is 13.1 Å². The minimum absolute atomic E-state index is 0.589. The van der Waals surface area contributed by atoms with Crippen LogP contribution in [0.4, 0.5) is 0 Å². The SMILES string of the molecule is CCCNCc1ccccc1CN(C)C(C)C.